The van der Waals surface area contributed by atoms with Crippen LogP contribution in [0.25, 0.3) is 0 Å². The van der Waals surface area contributed by atoms with E-state index in [-0.39, 0.29) is 11.7 Å². The number of ether oxygens (including phenoxy) is 2. The first-order valence-corrected chi connectivity index (χ1v) is 7.30. The van der Waals surface area contributed by atoms with E-state index < -0.39 is 28.6 Å². The van der Waals surface area contributed by atoms with Crippen molar-refractivity contribution in [1.29, 1.82) is 15.9 Å². The van der Waals surface area contributed by atoms with Gasteiger partial charge in [-0.2, -0.15) is 15.5 Å². The van der Waals surface area contributed by atoms with E-state index in [0.29, 0.717) is 6.42 Å². The van der Waals surface area contributed by atoms with Crippen LogP contribution in [0.3, 0.4) is 0 Å². The van der Waals surface area contributed by atoms with E-state index in [1.54, 1.807) is 13.8 Å². The van der Waals surface area contributed by atoms with E-state index in [9.17, 15) is 10.5 Å². The van der Waals surface area contributed by atoms with Crippen LogP contribution in [0.5, 0.6) is 0 Å². The van der Waals surface area contributed by atoms with Gasteiger partial charge in [-0.1, -0.05) is 26.7 Å². The standard InChI is InChI=1S/C15H18N4O2/c1-4-5-6-10-15(8-17)12-19-11(18)14(15,7-16)9(2)13(3,20-10)21-12/h9-10,18H,4-6H2,1-3H3/t9-,10-,13+,14+,15-/m1/s1. The maximum Gasteiger partial charge on any atom is 0.218 e. The molecule has 4 aliphatic rings. The fourth-order valence-corrected chi connectivity index (χ4v) is 3.96. The van der Waals surface area contributed by atoms with Crippen LogP contribution in [0.2, 0.25) is 0 Å². The van der Waals surface area contributed by atoms with Crippen LogP contribution in [0.4, 0.5) is 0 Å². The Morgan fingerprint density at radius 2 is 2.00 bits per heavy atom. The lowest BCUT2D eigenvalue weighted by Crippen LogP contribution is -2.73. The summed E-state index contributed by atoms with van der Waals surface area (Å²) in [5, 5.41) is 27.9. The van der Waals surface area contributed by atoms with Crippen molar-refractivity contribution in [2.45, 2.75) is 51.9 Å². The van der Waals surface area contributed by atoms with Crippen molar-refractivity contribution in [1.82, 2.24) is 0 Å². The first kappa shape index (κ1) is 14.0. The van der Waals surface area contributed by atoms with Gasteiger partial charge in [-0.25, -0.2) is 0 Å². The lowest BCUT2D eigenvalue weighted by molar-refractivity contribution is -0.330. The van der Waals surface area contributed by atoms with Crippen LogP contribution in [-0.4, -0.2) is 23.6 Å². The highest BCUT2D eigenvalue weighted by atomic mass is 16.7. The molecule has 0 aromatic heterocycles. The third-order valence-electron chi connectivity index (χ3n) is 5.31. The number of hydrogen-bond acceptors (Lipinski definition) is 5. The number of aliphatic imine (C=N–C) groups is 1. The van der Waals surface area contributed by atoms with Gasteiger partial charge in [-0.15, -0.1) is 0 Å². The van der Waals surface area contributed by atoms with Crippen LogP contribution in [0, 0.1) is 44.8 Å². The third-order valence-corrected chi connectivity index (χ3v) is 5.31. The molecule has 0 aromatic rings. The monoisotopic (exact) mass is 286 g/mol. The summed E-state index contributed by atoms with van der Waals surface area (Å²) in [7, 11) is 0. The van der Waals surface area contributed by atoms with Crippen molar-refractivity contribution in [3.05, 3.63) is 0 Å². The molecule has 4 bridgehead atoms. The third kappa shape index (κ3) is 1.25. The van der Waals surface area contributed by atoms with Crippen molar-refractivity contribution < 1.29 is 9.47 Å². The molecular weight excluding hydrogens is 268 g/mol. The fraction of sp³-hybridized carbons (Fsp3) is 0.733. The molecule has 4 aliphatic heterocycles. The molecule has 0 unspecified atom stereocenters. The van der Waals surface area contributed by atoms with Crippen molar-refractivity contribution in [2.24, 2.45) is 21.7 Å². The Hall–Kier alpha value is -1.92. The molecule has 4 heterocycles. The maximum absolute atomic E-state index is 9.89. The van der Waals surface area contributed by atoms with E-state index >= 15 is 0 Å². The Morgan fingerprint density at radius 1 is 1.33 bits per heavy atom. The number of unbranched alkanes of at least 4 members (excludes halogenated alkanes) is 1. The molecule has 5 atom stereocenters. The zero-order valence-corrected chi connectivity index (χ0v) is 12.4. The zero-order valence-electron chi connectivity index (χ0n) is 12.4. The number of nitriles is 2. The fourth-order valence-electron chi connectivity index (χ4n) is 3.96. The minimum absolute atomic E-state index is 0.0671. The van der Waals surface area contributed by atoms with Crippen LogP contribution in [0.15, 0.2) is 4.99 Å². The zero-order chi connectivity index (χ0) is 15.5. The molecule has 0 aliphatic carbocycles. The largest absolute Gasteiger partial charge is 0.447 e. The molecule has 3 fully saturated rings. The van der Waals surface area contributed by atoms with E-state index in [1.165, 1.54) is 0 Å². The molecule has 0 aromatic carbocycles. The first-order valence-electron chi connectivity index (χ1n) is 7.30. The van der Waals surface area contributed by atoms with Crippen molar-refractivity contribution in [3.8, 4) is 12.1 Å². The average Bonchev–Trinajstić information content (AvgIpc) is 2.68. The summed E-state index contributed by atoms with van der Waals surface area (Å²) in [6, 6.07) is 4.49. The number of fused-ring (bicyclic) bond motifs is 1. The minimum Gasteiger partial charge on any atom is -0.447 e. The van der Waals surface area contributed by atoms with E-state index in [1.807, 2.05) is 0 Å². The van der Waals surface area contributed by atoms with E-state index in [2.05, 4.69) is 24.1 Å². The molecule has 0 saturated carbocycles. The molecule has 0 spiro atoms. The summed E-state index contributed by atoms with van der Waals surface area (Å²) in [4.78, 5) is 4.13. The number of nitrogens with one attached hydrogen (secondary N) is 1. The van der Waals surface area contributed by atoms with Gasteiger partial charge in [0.2, 0.25) is 11.7 Å². The summed E-state index contributed by atoms with van der Waals surface area (Å²) >= 11 is 0. The van der Waals surface area contributed by atoms with Gasteiger partial charge in [0.25, 0.3) is 0 Å². The SMILES string of the molecule is CCCC[C@H]1O[C@@]2(C)OC3=NC(=N)[C@](C#N)([C@@H]2C)[C@@]31C#N. The number of amidine groups is 1. The Balaban J connectivity index is 2.22. The molecule has 4 rings (SSSR count). The van der Waals surface area contributed by atoms with Crippen LogP contribution < -0.4 is 0 Å². The Kier molecular flexibility index (Phi) is 2.71. The molecule has 1 N–H and O–H groups in total. The van der Waals surface area contributed by atoms with E-state index in [0.717, 1.165) is 12.8 Å². The highest BCUT2D eigenvalue weighted by Gasteiger charge is 2.81. The Labute approximate surface area is 123 Å². The lowest BCUT2D eigenvalue weighted by Gasteiger charge is -2.60. The smallest absolute Gasteiger partial charge is 0.218 e. The normalized spacial score (nSPS) is 46.5. The topological polar surface area (TPSA) is 102 Å². The molecule has 0 amide bonds. The molecule has 110 valence electrons. The first-order chi connectivity index (χ1) is 9.92. The molecule has 21 heavy (non-hydrogen) atoms. The minimum atomic E-state index is -1.29. The van der Waals surface area contributed by atoms with Gasteiger partial charge in [0.15, 0.2) is 10.8 Å². The highest BCUT2D eigenvalue weighted by Crippen LogP contribution is 2.66. The van der Waals surface area contributed by atoms with Crippen molar-refractivity contribution >= 4 is 11.7 Å². The average molecular weight is 286 g/mol. The second-order valence-corrected chi connectivity index (χ2v) is 6.19. The maximum atomic E-state index is 9.89. The van der Waals surface area contributed by atoms with E-state index in [4.69, 9.17) is 14.9 Å². The lowest BCUT2D eigenvalue weighted by atomic mass is 9.51. The summed E-state index contributed by atoms with van der Waals surface area (Å²) in [6.45, 7) is 5.64. The predicted octanol–water partition coefficient (Wildman–Crippen LogP) is 2.37. The predicted molar refractivity (Wildman–Crippen MR) is 74.3 cm³/mol. The molecule has 3 saturated heterocycles. The Bertz CT molecular complexity index is 631. The Morgan fingerprint density at radius 3 is 2.57 bits per heavy atom. The van der Waals surface area contributed by atoms with Crippen LogP contribution in [0.1, 0.15) is 40.0 Å². The van der Waals surface area contributed by atoms with Gasteiger partial charge in [-0.05, 0) is 6.42 Å². The number of nitrogens with zero attached hydrogens (tertiary/aromatic N) is 3. The van der Waals surface area contributed by atoms with Crippen molar-refractivity contribution in [3.63, 3.8) is 0 Å². The highest BCUT2D eigenvalue weighted by molar-refractivity contribution is 6.12. The van der Waals surface area contributed by atoms with Crippen molar-refractivity contribution in [2.75, 3.05) is 0 Å². The molecule has 6 nitrogen and oxygen atoms in total. The van der Waals surface area contributed by atoms with Crippen LogP contribution in [-0.2, 0) is 9.47 Å². The van der Waals surface area contributed by atoms with Gasteiger partial charge in [0, 0.05) is 12.8 Å². The molecule has 6 heteroatoms. The summed E-state index contributed by atoms with van der Waals surface area (Å²) in [6.07, 6.45) is 2.06. The number of hydrogen-bond donors (Lipinski definition) is 1. The van der Waals surface area contributed by atoms with Gasteiger partial charge >= 0.3 is 0 Å². The van der Waals surface area contributed by atoms with Crippen LogP contribution >= 0.6 is 0 Å². The number of rotatable bonds is 3. The van der Waals surface area contributed by atoms with Gasteiger partial charge in [0.05, 0.1) is 18.2 Å². The second kappa shape index (κ2) is 4.05. The summed E-state index contributed by atoms with van der Waals surface area (Å²) < 4.78 is 11.9. The second-order valence-electron chi connectivity index (χ2n) is 6.19. The molecule has 0 radical (unpaired) electrons. The quantitative estimate of drug-likeness (QED) is 0.860. The summed E-state index contributed by atoms with van der Waals surface area (Å²) in [5.74, 6) is -1.31. The van der Waals surface area contributed by atoms with Gasteiger partial charge < -0.3 is 9.47 Å². The van der Waals surface area contributed by atoms with Gasteiger partial charge in [0.1, 0.15) is 5.84 Å². The molecular formula is C15H18N4O2. The van der Waals surface area contributed by atoms with Gasteiger partial charge in [-0.3, -0.25) is 5.41 Å². The summed E-state index contributed by atoms with van der Waals surface area (Å²) in [5.41, 5.74) is -2.56.